The molecule has 1 heterocycles. The number of amides is 1. The highest BCUT2D eigenvalue weighted by atomic mass is 16.5. The molecule has 1 N–H and O–H groups in total. The number of hydrogen-bond donors (Lipinski definition) is 1. The maximum absolute atomic E-state index is 11.8. The van der Waals surface area contributed by atoms with E-state index in [9.17, 15) is 9.59 Å². The molecule has 0 fully saturated rings. The van der Waals surface area contributed by atoms with Gasteiger partial charge < -0.3 is 24.1 Å². The van der Waals surface area contributed by atoms with E-state index in [2.05, 4.69) is 5.32 Å². The van der Waals surface area contributed by atoms with E-state index in [0.29, 0.717) is 31.2 Å². The third-order valence-electron chi connectivity index (χ3n) is 3.31. The number of nitrogens with zero attached hydrogens (tertiary/aromatic N) is 1. The van der Waals surface area contributed by atoms with Gasteiger partial charge in [-0.05, 0) is 43.3 Å². The molecular formula is C18H22N2O5. The van der Waals surface area contributed by atoms with E-state index in [0.717, 1.165) is 5.75 Å². The molecule has 0 aliphatic heterocycles. The summed E-state index contributed by atoms with van der Waals surface area (Å²) >= 11 is 0. The first-order chi connectivity index (χ1) is 12.1. The maximum Gasteiger partial charge on any atom is 0.355 e. The molecule has 2 rings (SSSR count). The largest absolute Gasteiger partial charge is 0.494 e. The topological polar surface area (TPSA) is 78.8 Å². The minimum Gasteiger partial charge on any atom is -0.494 e. The first-order valence-electron chi connectivity index (χ1n) is 8.01. The van der Waals surface area contributed by atoms with Crippen molar-refractivity contribution in [3.05, 3.63) is 48.3 Å². The third-order valence-corrected chi connectivity index (χ3v) is 3.31. The Morgan fingerprint density at radius 1 is 1.08 bits per heavy atom. The van der Waals surface area contributed by atoms with E-state index >= 15 is 0 Å². The summed E-state index contributed by atoms with van der Waals surface area (Å²) < 4.78 is 17.4. The Kier molecular flexibility index (Phi) is 6.88. The van der Waals surface area contributed by atoms with Gasteiger partial charge in [-0.1, -0.05) is 0 Å². The minimum atomic E-state index is -0.534. The smallest absolute Gasteiger partial charge is 0.355 e. The lowest BCUT2D eigenvalue weighted by Crippen LogP contribution is -2.32. The molecular weight excluding hydrogens is 324 g/mol. The standard InChI is InChI=1S/C18H22N2O5/c1-3-23-14-6-8-15(9-7-14)24-12-10-19-17(21)13-25-18(22)16-5-4-11-20(16)2/h4-9,11H,3,10,12-13H2,1-2H3,(H,19,21). The minimum absolute atomic E-state index is 0.311. The Labute approximate surface area is 146 Å². The molecule has 1 aromatic carbocycles. The number of nitrogens with one attached hydrogen (secondary N) is 1. The summed E-state index contributed by atoms with van der Waals surface area (Å²) in [6.07, 6.45) is 1.73. The van der Waals surface area contributed by atoms with Gasteiger partial charge in [0.2, 0.25) is 0 Å². The van der Waals surface area contributed by atoms with Crippen LogP contribution in [0.3, 0.4) is 0 Å². The predicted octanol–water partition coefficient (Wildman–Crippen LogP) is 1.78. The summed E-state index contributed by atoms with van der Waals surface area (Å²) in [7, 11) is 1.73. The lowest BCUT2D eigenvalue weighted by atomic mass is 10.3. The van der Waals surface area contributed by atoms with Gasteiger partial charge >= 0.3 is 5.97 Å². The van der Waals surface area contributed by atoms with Gasteiger partial charge in [0.15, 0.2) is 6.61 Å². The number of hydrogen-bond acceptors (Lipinski definition) is 5. The van der Waals surface area contributed by atoms with Crippen LogP contribution in [0.2, 0.25) is 0 Å². The number of carbonyl (C=O) groups is 2. The van der Waals surface area contributed by atoms with Crippen molar-refractivity contribution >= 4 is 11.9 Å². The van der Waals surface area contributed by atoms with Crippen molar-refractivity contribution in [2.45, 2.75) is 6.92 Å². The molecule has 7 heteroatoms. The van der Waals surface area contributed by atoms with Crippen molar-refractivity contribution in [2.24, 2.45) is 7.05 Å². The van der Waals surface area contributed by atoms with Gasteiger partial charge in [0.25, 0.3) is 5.91 Å². The van der Waals surface area contributed by atoms with Gasteiger partial charge in [0.1, 0.15) is 23.8 Å². The van der Waals surface area contributed by atoms with Gasteiger partial charge in [0, 0.05) is 13.2 Å². The Bertz CT molecular complexity index is 694. The van der Waals surface area contributed by atoms with E-state index in [1.807, 2.05) is 19.1 Å². The van der Waals surface area contributed by atoms with Crippen molar-refractivity contribution in [1.29, 1.82) is 0 Å². The second-order valence-corrected chi connectivity index (χ2v) is 5.18. The fourth-order valence-electron chi connectivity index (χ4n) is 2.09. The molecule has 1 aromatic heterocycles. The molecule has 0 saturated heterocycles. The Hall–Kier alpha value is -2.96. The molecule has 0 atom stereocenters. The lowest BCUT2D eigenvalue weighted by molar-refractivity contribution is -0.124. The number of esters is 1. The summed E-state index contributed by atoms with van der Waals surface area (Å²) in [5.41, 5.74) is 0.395. The molecule has 134 valence electrons. The average molecular weight is 346 g/mol. The van der Waals surface area contributed by atoms with Crippen molar-refractivity contribution in [2.75, 3.05) is 26.4 Å². The van der Waals surface area contributed by atoms with Crippen LogP contribution in [0.1, 0.15) is 17.4 Å². The van der Waals surface area contributed by atoms with Crippen LogP contribution < -0.4 is 14.8 Å². The highest BCUT2D eigenvalue weighted by Crippen LogP contribution is 2.17. The molecule has 0 aliphatic rings. The van der Waals surface area contributed by atoms with Gasteiger partial charge in [-0.2, -0.15) is 0 Å². The first kappa shape index (κ1) is 18.4. The summed E-state index contributed by atoms with van der Waals surface area (Å²) in [6.45, 7) is 2.83. The van der Waals surface area contributed by atoms with Crippen LogP contribution in [0.15, 0.2) is 42.6 Å². The van der Waals surface area contributed by atoms with Crippen molar-refractivity contribution in [1.82, 2.24) is 9.88 Å². The highest BCUT2D eigenvalue weighted by molar-refractivity contribution is 5.89. The van der Waals surface area contributed by atoms with E-state index in [1.54, 1.807) is 42.1 Å². The van der Waals surface area contributed by atoms with Crippen molar-refractivity contribution in [3.8, 4) is 11.5 Å². The van der Waals surface area contributed by atoms with E-state index in [4.69, 9.17) is 14.2 Å². The Balaban J connectivity index is 1.62. The number of benzene rings is 1. The number of ether oxygens (including phenoxy) is 3. The van der Waals surface area contributed by atoms with Gasteiger partial charge in [0.05, 0.1) is 13.2 Å². The fourth-order valence-corrected chi connectivity index (χ4v) is 2.09. The van der Waals surface area contributed by atoms with Crippen LogP contribution in [0, 0.1) is 0 Å². The monoisotopic (exact) mass is 346 g/mol. The zero-order valence-corrected chi connectivity index (χ0v) is 14.4. The second-order valence-electron chi connectivity index (χ2n) is 5.18. The lowest BCUT2D eigenvalue weighted by Gasteiger charge is -2.09. The molecule has 0 spiro atoms. The van der Waals surface area contributed by atoms with Crippen LogP contribution in [-0.2, 0) is 16.6 Å². The Morgan fingerprint density at radius 3 is 2.36 bits per heavy atom. The molecule has 0 bridgehead atoms. The number of rotatable bonds is 9. The highest BCUT2D eigenvalue weighted by Gasteiger charge is 2.12. The number of aryl methyl sites for hydroxylation is 1. The molecule has 25 heavy (non-hydrogen) atoms. The quantitative estimate of drug-likeness (QED) is 0.553. The SMILES string of the molecule is CCOc1ccc(OCCNC(=O)COC(=O)c2cccn2C)cc1. The van der Waals surface area contributed by atoms with Crippen LogP contribution in [0.25, 0.3) is 0 Å². The van der Waals surface area contributed by atoms with Gasteiger partial charge in [-0.15, -0.1) is 0 Å². The molecule has 0 saturated carbocycles. The number of carbonyl (C=O) groups excluding carboxylic acids is 2. The summed E-state index contributed by atoms with van der Waals surface area (Å²) in [5, 5.41) is 2.63. The Morgan fingerprint density at radius 2 is 1.76 bits per heavy atom. The zero-order valence-electron chi connectivity index (χ0n) is 14.4. The summed E-state index contributed by atoms with van der Waals surface area (Å²) in [5.74, 6) is 0.558. The van der Waals surface area contributed by atoms with Crippen LogP contribution in [0.5, 0.6) is 11.5 Å². The van der Waals surface area contributed by atoms with E-state index < -0.39 is 5.97 Å². The number of aromatic nitrogens is 1. The molecule has 0 aliphatic carbocycles. The molecule has 2 aromatic rings. The van der Waals surface area contributed by atoms with Gasteiger partial charge in [-0.3, -0.25) is 4.79 Å². The molecule has 7 nitrogen and oxygen atoms in total. The van der Waals surface area contributed by atoms with Crippen LogP contribution >= 0.6 is 0 Å². The molecule has 1 amide bonds. The fraction of sp³-hybridized carbons (Fsp3) is 0.333. The van der Waals surface area contributed by atoms with E-state index in [1.165, 1.54) is 0 Å². The van der Waals surface area contributed by atoms with Crippen molar-refractivity contribution in [3.63, 3.8) is 0 Å². The summed E-state index contributed by atoms with van der Waals surface area (Å²) in [6, 6.07) is 10.6. The van der Waals surface area contributed by atoms with Crippen LogP contribution in [-0.4, -0.2) is 42.8 Å². The normalized spacial score (nSPS) is 10.2. The maximum atomic E-state index is 11.8. The zero-order chi connectivity index (χ0) is 18.1. The molecule has 0 unspecified atom stereocenters. The second kappa shape index (κ2) is 9.36. The van der Waals surface area contributed by atoms with Gasteiger partial charge in [-0.25, -0.2) is 4.79 Å². The third kappa shape index (κ3) is 5.87. The van der Waals surface area contributed by atoms with E-state index in [-0.39, 0.29) is 12.5 Å². The van der Waals surface area contributed by atoms with Crippen LogP contribution in [0.4, 0.5) is 0 Å². The first-order valence-corrected chi connectivity index (χ1v) is 8.01. The molecule has 0 radical (unpaired) electrons. The van der Waals surface area contributed by atoms with Crippen molar-refractivity contribution < 1.29 is 23.8 Å². The summed E-state index contributed by atoms with van der Waals surface area (Å²) in [4.78, 5) is 23.4. The average Bonchev–Trinajstić information content (AvgIpc) is 3.04. The predicted molar refractivity (Wildman–Crippen MR) is 91.8 cm³/mol.